The van der Waals surface area contributed by atoms with Crippen molar-refractivity contribution >= 4 is 21.6 Å². The largest absolute Gasteiger partial charge is 0.504 e. The van der Waals surface area contributed by atoms with E-state index in [1.54, 1.807) is 19.2 Å². The zero-order chi connectivity index (χ0) is 13.8. The maximum absolute atomic E-state index is 9.70. The number of para-hydroxylation sites is 1. The second kappa shape index (κ2) is 5.84. The first-order valence-corrected chi connectivity index (χ1v) is 6.48. The second-order valence-electron chi connectivity index (χ2n) is 3.99. The molecule has 5 heteroatoms. The van der Waals surface area contributed by atoms with Crippen LogP contribution in [0.2, 0.25) is 0 Å². The van der Waals surface area contributed by atoms with E-state index in [2.05, 4.69) is 21.2 Å². The fourth-order valence-electron chi connectivity index (χ4n) is 1.69. The molecule has 0 aliphatic rings. The first-order valence-electron chi connectivity index (χ1n) is 5.69. The fourth-order valence-corrected chi connectivity index (χ4v) is 2.10. The van der Waals surface area contributed by atoms with Gasteiger partial charge in [0.15, 0.2) is 11.5 Å². The van der Waals surface area contributed by atoms with E-state index in [1.807, 2.05) is 18.2 Å². The average molecular weight is 324 g/mol. The van der Waals surface area contributed by atoms with Gasteiger partial charge in [0, 0.05) is 23.9 Å². The molecular weight excluding hydrogens is 310 g/mol. The first kappa shape index (κ1) is 13.5. The lowest BCUT2D eigenvalue weighted by Gasteiger charge is -2.11. The molecule has 0 bridgehead atoms. The Balaban J connectivity index is 2.12. The molecule has 2 rings (SSSR count). The Kier molecular flexibility index (Phi) is 4.16. The van der Waals surface area contributed by atoms with Gasteiger partial charge in [-0.1, -0.05) is 12.1 Å². The summed E-state index contributed by atoms with van der Waals surface area (Å²) in [5, 5.41) is 22.3. The quantitative estimate of drug-likeness (QED) is 0.754. The normalized spacial score (nSPS) is 10.2. The number of ether oxygens (including phenoxy) is 1. The number of methoxy groups -OCH3 is 1. The number of phenolic OH excluding ortho intramolecular Hbond substituents is 2. The number of hydrogen-bond donors (Lipinski definition) is 3. The number of halogens is 1. The highest BCUT2D eigenvalue weighted by atomic mass is 79.9. The SMILES string of the molecule is COc1cc(NCc2cccc(O)c2O)ccc1Br. The number of aromatic hydroxyl groups is 2. The molecule has 0 fully saturated rings. The maximum atomic E-state index is 9.70. The molecule has 2 aromatic carbocycles. The van der Waals surface area contributed by atoms with Crippen molar-refractivity contribution in [1.82, 2.24) is 0 Å². The molecule has 0 atom stereocenters. The summed E-state index contributed by atoms with van der Waals surface area (Å²) < 4.78 is 6.08. The maximum Gasteiger partial charge on any atom is 0.162 e. The van der Waals surface area contributed by atoms with Crippen LogP contribution in [-0.4, -0.2) is 17.3 Å². The van der Waals surface area contributed by atoms with Gasteiger partial charge in [-0.15, -0.1) is 0 Å². The van der Waals surface area contributed by atoms with E-state index in [9.17, 15) is 10.2 Å². The molecule has 0 aromatic heterocycles. The second-order valence-corrected chi connectivity index (χ2v) is 4.84. The molecule has 100 valence electrons. The topological polar surface area (TPSA) is 61.7 Å². The van der Waals surface area contributed by atoms with Crippen LogP contribution < -0.4 is 10.1 Å². The van der Waals surface area contributed by atoms with Crippen LogP contribution in [0.1, 0.15) is 5.56 Å². The molecular formula is C14H14BrNO3. The lowest BCUT2D eigenvalue weighted by atomic mass is 10.2. The predicted octanol–water partition coefficient (Wildman–Crippen LogP) is 3.48. The zero-order valence-electron chi connectivity index (χ0n) is 10.4. The van der Waals surface area contributed by atoms with Crippen molar-refractivity contribution in [3.8, 4) is 17.2 Å². The minimum absolute atomic E-state index is 0.0981. The van der Waals surface area contributed by atoms with E-state index in [0.717, 1.165) is 15.9 Å². The number of phenols is 2. The van der Waals surface area contributed by atoms with E-state index in [4.69, 9.17) is 4.74 Å². The van der Waals surface area contributed by atoms with Crippen LogP contribution >= 0.6 is 15.9 Å². The van der Waals surface area contributed by atoms with Crippen LogP contribution in [0.5, 0.6) is 17.2 Å². The Labute approximate surface area is 119 Å². The Morgan fingerprint density at radius 1 is 1.21 bits per heavy atom. The number of hydrogen-bond acceptors (Lipinski definition) is 4. The smallest absolute Gasteiger partial charge is 0.162 e. The summed E-state index contributed by atoms with van der Waals surface area (Å²) in [6, 6.07) is 10.5. The van der Waals surface area contributed by atoms with Gasteiger partial charge >= 0.3 is 0 Å². The van der Waals surface area contributed by atoms with Gasteiger partial charge in [0.05, 0.1) is 11.6 Å². The third-order valence-corrected chi connectivity index (χ3v) is 3.39. The third kappa shape index (κ3) is 3.12. The molecule has 0 spiro atoms. The van der Waals surface area contributed by atoms with E-state index in [0.29, 0.717) is 12.1 Å². The van der Waals surface area contributed by atoms with Crippen molar-refractivity contribution in [2.75, 3.05) is 12.4 Å². The summed E-state index contributed by atoms with van der Waals surface area (Å²) in [5.41, 5.74) is 1.49. The van der Waals surface area contributed by atoms with Crippen LogP contribution in [0.15, 0.2) is 40.9 Å². The first-order chi connectivity index (χ1) is 9.11. The predicted molar refractivity (Wildman–Crippen MR) is 77.8 cm³/mol. The Bertz CT molecular complexity index is 587. The summed E-state index contributed by atoms with van der Waals surface area (Å²) >= 11 is 3.38. The van der Waals surface area contributed by atoms with Gasteiger partial charge < -0.3 is 20.3 Å². The van der Waals surface area contributed by atoms with Crippen LogP contribution in [0, 0.1) is 0 Å². The van der Waals surface area contributed by atoms with Crippen molar-refractivity contribution in [1.29, 1.82) is 0 Å². The van der Waals surface area contributed by atoms with Gasteiger partial charge in [-0.25, -0.2) is 0 Å². The minimum atomic E-state index is -0.118. The van der Waals surface area contributed by atoms with E-state index >= 15 is 0 Å². The lowest BCUT2D eigenvalue weighted by Crippen LogP contribution is -2.00. The molecule has 19 heavy (non-hydrogen) atoms. The summed E-state index contributed by atoms with van der Waals surface area (Å²) in [5.74, 6) is 0.511. The Morgan fingerprint density at radius 3 is 2.74 bits per heavy atom. The summed E-state index contributed by atoms with van der Waals surface area (Å²) in [6.07, 6.45) is 0. The standard InChI is InChI=1S/C14H14BrNO3/c1-19-13-7-10(5-6-11(13)15)16-8-9-3-2-4-12(17)14(9)18/h2-7,16-18H,8H2,1H3. The van der Waals surface area contributed by atoms with Gasteiger partial charge in [0.25, 0.3) is 0 Å². The molecule has 0 radical (unpaired) electrons. The molecule has 0 saturated carbocycles. The summed E-state index contributed by atoms with van der Waals surface area (Å²) in [4.78, 5) is 0. The van der Waals surface area contributed by atoms with Gasteiger partial charge in [0.1, 0.15) is 5.75 Å². The molecule has 2 aromatic rings. The van der Waals surface area contributed by atoms with Crippen LogP contribution in [0.4, 0.5) is 5.69 Å². The van der Waals surface area contributed by atoms with E-state index in [1.165, 1.54) is 6.07 Å². The van der Waals surface area contributed by atoms with Crippen molar-refractivity contribution in [3.63, 3.8) is 0 Å². The van der Waals surface area contributed by atoms with E-state index in [-0.39, 0.29) is 11.5 Å². The van der Waals surface area contributed by atoms with Crippen molar-refractivity contribution in [2.45, 2.75) is 6.54 Å². The molecule has 3 N–H and O–H groups in total. The monoisotopic (exact) mass is 323 g/mol. The molecule has 0 amide bonds. The highest BCUT2D eigenvalue weighted by Gasteiger charge is 2.06. The van der Waals surface area contributed by atoms with Crippen molar-refractivity contribution in [2.24, 2.45) is 0 Å². The van der Waals surface area contributed by atoms with Crippen molar-refractivity contribution in [3.05, 3.63) is 46.4 Å². The fraction of sp³-hybridized carbons (Fsp3) is 0.143. The van der Waals surface area contributed by atoms with Crippen LogP contribution in [-0.2, 0) is 6.54 Å². The number of anilines is 1. The molecule has 4 nitrogen and oxygen atoms in total. The minimum Gasteiger partial charge on any atom is -0.504 e. The summed E-state index contributed by atoms with van der Waals surface area (Å²) in [7, 11) is 1.60. The number of nitrogens with one attached hydrogen (secondary N) is 1. The number of benzene rings is 2. The number of rotatable bonds is 4. The summed E-state index contributed by atoms with van der Waals surface area (Å²) in [6.45, 7) is 0.408. The molecule has 0 saturated heterocycles. The zero-order valence-corrected chi connectivity index (χ0v) is 11.9. The Hall–Kier alpha value is -1.88. The van der Waals surface area contributed by atoms with Gasteiger partial charge in [-0.3, -0.25) is 0 Å². The van der Waals surface area contributed by atoms with Gasteiger partial charge in [0.2, 0.25) is 0 Å². The van der Waals surface area contributed by atoms with Gasteiger partial charge in [-0.05, 0) is 34.1 Å². The van der Waals surface area contributed by atoms with Crippen LogP contribution in [0.3, 0.4) is 0 Å². The lowest BCUT2D eigenvalue weighted by molar-refractivity contribution is 0.400. The molecule has 0 unspecified atom stereocenters. The van der Waals surface area contributed by atoms with Crippen molar-refractivity contribution < 1.29 is 14.9 Å². The molecule has 0 heterocycles. The Morgan fingerprint density at radius 2 is 2.00 bits per heavy atom. The molecule has 0 aliphatic carbocycles. The highest BCUT2D eigenvalue weighted by molar-refractivity contribution is 9.10. The van der Waals surface area contributed by atoms with Gasteiger partial charge in [-0.2, -0.15) is 0 Å². The van der Waals surface area contributed by atoms with Crippen LogP contribution in [0.25, 0.3) is 0 Å². The highest BCUT2D eigenvalue weighted by Crippen LogP contribution is 2.30. The molecule has 0 aliphatic heterocycles. The van der Waals surface area contributed by atoms with E-state index < -0.39 is 0 Å². The third-order valence-electron chi connectivity index (χ3n) is 2.73. The average Bonchev–Trinajstić information content (AvgIpc) is 2.42.